The lowest BCUT2D eigenvalue weighted by Crippen LogP contribution is -2.16. The van der Waals surface area contributed by atoms with Crippen molar-refractivity contribution in [2.45, 2.75) is 6.54 Å². The van der Waals surface area contributed by atoms with Crippen LogP contribution in [0, 0.1) is 5.82 Å². The summed E-state index contributed by atoms with van der Waals surface area (Å²) in [5.41, 5.74) is 5.89. The summed E-state index contributed by atoms with van der Waals surface area (Å²) >= 11 is 5.65. The van der Waals surface area contributed by atoms with Crippen LogP contribution in [0.2, 0.25) is 5.02 Å². The van der Waals surface area contributed by atoms with Gasteiger partial charge in [-0.15, -0.1) is 0 Å². The maximum Gasteiger partial charge on any atom is 0.276 e. The van der Waals surface area contributed by atoms with Crippen LogP contribution in [-0.4, -0.2) is 9.97 Å². The molecule has 18 heavy (non-hydrogen) atoms. The minimum Gasteiger partial charge on any atom is -0.391 e. The van der Waals surface area contributed by atoms with E-state index in [4.69, 9.17) is 17.3 Å². The van der Waals surface area contributed by atoms with E-state index < -0.39 is 11.4 Å². The number of aromatic nitrogens is 2. The molecule has 2 aromatic rings. The minimum absolute atomic E-state index is 0.00529. The molecule has 0 saturated carbocycles. The molecule has 0 atom stereocenters. The van der Waals surface area contributed by atoms with E-state index in [0.717, 1.165) is 5.56 Å². The third-order valence-corrected chi connectivity index (χ3v) is 2.62. The number of nitrogen functional groups attached to an aromatic ring is 1. The lowest BCUT2D eigenvalue weighted by atomic mass is 10.2. The van der Waals surface area contributed by atoms with E-state index in [1.54, 1.807) is 6.07 Å². The van der Waals surface area contributed by atoms with Crippen molar-refractivity contribution in [1.82, 2.24) is 9.97 Å². The molecule has 7 heteroatoms. The van der Waals surface area contributed by atoms with E-state index in [-0.39, 0.29) is 16.5 Å². The molecule has 0 amide bonds. The van der Waals surface area contributed by atoms with E-state index in [2.05, 4.69) is 15.3 Å². The van der Waals surface area contributed by atoms with Gasteiger partial charge in [0.1, 0.15) is 11.5 Å². The van der Waals surface area contributed by atoms with Crippen LogP contribution in [0.4, 0.5) is 15.9 Å². The van der Waals surface area contributed by atoms with Gasteiger partial charge in [0.2, 0.25) is 0 Å². The third-order valence-electron chi connectivity index (χ3n) is 2.33. The molecule has 0 bridgehead atoms. The third kappa shape index (κ3) is 2.60. The molecule has 1 aromatic heterocycles. The van der Waals surface area contributed by atoms with Crippen molar-refractivity contribution < 1.29 is 4.39 Å². The second-order valence-corrected chi connectivity index (χ2v) is 4.00. The molecule has 94 valence electrons. The highest BCUT2D eigenvalue weighted by Gasteiger charge is 2.05. The van der Waals surface area contributed by atoms with E-state index in [0.29, 0.717) is 6.54 Å². The van der Waals surface area contributed by atoms with E-state index in [9.17, 15) is 9.18 Å². The van der Waals surface area contributed by atoms with Crippen LogP contribution in [0.5, 0.6) is 0 Å². The van der Waals surface area contributed by atoms with Gasteiger partial charge in [-0.3, -0.25) is 4.79 Å². The Morgan fingerprint density at radius 2 is 2.28 bits per heavy atom. The van der Waals surface area contributed by atoms with Crippen molar-refractivity contribution >= 4 is 23.1 Å². The Kier molecular flexibility index (Phi) is 3.47. The van der Waals surface area contributed by atoms with Crippen LogP contribution in [-0.2, 0) is 6.54 Å². The van der Waals surface area contributed by atoms with Crippen molar-refractivity contribution in [1.29, 1.82) is 0 Å². The van der Waals surface area contributed by atoms with Gasteiger partial charge in [-0.25, -0.2) is 9.37 Å². The minimum atomic E-state index is -0.478. The van der Waals surface area contributed by atoms with Gasteiger partial charge in [-0.2, -0.15) is 0 Å². The molecular formula is C11H10ClFN4O. The number of anilines is 2. The molecule has 0 aliphatic rings. The first-order valence-corrected chi connectivity index (χ1v) is 5.46. The summed E-state index contributed by atoms with van der Waals surface area (Å²) in [5, 5.41) is 2.92. The number of nitrogens with two attached hydrogens (primary N) is 1. The Morgan fingerprint density at radius 1 is 1.50 bits per heavy atom. The van der Waals surface area contributed by atoms with Crippen molar-refractivity contribution in [3.8, 4) is 0 Å². The van der Waals surface area contributed by atoms with Crippen LogP contribution in [0.15, 0.2) is 29.3 Å². The molecule has 0 fully saturated rings. The highest BCUT2D eigenvalue weighted by molar-refractivity contribution is 6.30. The first-order valence-electron chi connectivity index (χ1n) is 5.09. The molecular weight excluding hydrogens is 259 g/mol. The molecule has 0 aliphatic carbocycles. The quantitative estimate of drug-likeness (QED) is 0.792. The Morgan fingerprint density at radius 3 is 3.00 bits per heavy atom. The van der Waals surface area contributed by atoms with Crippen molar-refractivity contribution in [2.75, 3.05) is 11.1 Å². The maximum atomic E-state index is 12.9. The zero-order valence-electron chi connectivity index (χ0n) is 9.21. The number of nitrogens with zero attached hydrogens (tertiary/aromatic N) is 1. The number of benzene rings is 1. The summed E-state index contributed by atoms with van der Waals surface area (Å²) in [6.45, 7) is 0.334. The fourth-order valence-electron chi connectivity index (χ4n) is 1.39. The normalized spacial score (nSPS) is 10.3. The first-order chi connectivity index (χ1) is 8.58. The van der Waals surface area contributed by atoms with Gasteiger partial charge >= 0.3 is 0 Å². The number of aromatic amines is 1. The van der Waals surface area contributed by atoms with Crippen molar-refractivity contribution in [2.24, 2.45) is 0 Å². The summed E-state index contributed by atoms with van der Waals surface area (Å²) in [4.78, 5) is 17.5. The summed E-state index contributed by atoms with van der Waals surface area (Å²) < 4.78 is 12.9. The first kappa shape index (κ1) is 12.4. The molecule has 4 N–H and O–H groups in total. The van der Waals surface area contributed by atoms with E-state index >= 15 is 0 Å². The SMILES string of the molecule is Nc1c(NCc2ccc(F)c(Cl)c2)nc[nH]c1=O. The molecule has 0 aliphatic heterocycles. The van der Waals surface area contributed by atoms with Gasteiger partial charge in [0.05, 0.1) is 11.3 Å². The second-order valence-electron chi connectivity index (χ2n) is 3.60. The molecule has 1 aromatic carbocycles. The predicted molar refractivity (Wildman–Crippen MR) is 68.0 cm³/mol. The number of hydrogen-bond donors (Lipinski definition) is 3. The summed E-state index contributed by atoms with van der Waals surface area (Å²) in [7, 11) is 0. The molecule has 0 unspecified atom stereocenters. The molecule has 1 heterocycles. The Hall–Kier alpha value is -2.08. The zero-order chi connectivity index (χ0) is 13.1. The topological polar surface area (TPSA) is 83.8 Å². The summed E-state index contributed by atoms with van der Waals surface area (Å²) in [6, 6.07) is 4.35. The number of hydrogen-bond acceptors (Lipinski definition) is 4. The standard InChI is InChI=1S/C11H10ClFN4O/c12-7-3-6(1-2-8(7)13)4-15-10-9(14)11(18)17-5-16-10/h1-3,5H,4,14H2,(H2,15,16,17,18). The average molecular weight is 269 g/mol. The monoisotopic (exact) mass is 268 g/mol. The van der Waals surface area contributed by atoms with Gasteiger partial charge in [0.15, 0.2) is 5.82 Å². The van der Waals surface area contributed by atoms with Gasteiger partial charge in [-0.1, -0.05) is 17.7 Å². The molecule has 0 radical (unpaired) electrons. The van der Waals surface area contributed by atoms with E-state index in [1.807, 2.05) is 0 Å². The fourth-order valence-corrected chi connectivity index (χ4v) is 1.59. The second kappa shape index (κ2) is 5.05. The molecule has 0 saturated heterocycles. The Labute approximate surface area is 107 Å². The van der Waals surface area contributed by atoms with Crippen LogP contribution >= 0.6 is 11.6 Å². The summed E-state index contributed by atoms with van der Waals surface area (Å²) in [6.07, 6.45) is 1.25. The van der Waals surface area contributed by atoms with Crippen molar-refractivity contribution in [3.63, 3.8) is 0 Å². The van der Waals surface area contributed by atoms with Crippen LogP contribution in [0.25, 0.3) is 0 Å². The van der Waals surface area contributed by atoms with Gasteiger partial charge in [0, 0.05) is 6.54 Å². The lowest BCUT2D eigenvalue weighted by molar-refractivity contribution is 0.627. The average Bonchev–Trinajstić information content (AvgIpc) is 2.35. The van der Waals surface area contributed by atoms with Gasteiger partial charge in [0.25, 0.3) is 5.56 Å². The number of nitrogens with one attached hydrogen (secondary N) is 2. The largest absolute Gasteiger partial charge is 0.391 e. The Balaban J connectivity index is 2.14. The Bertz CT molecular complexity index is 629. The number of halogens is 2. The van der Waals surface area contributed by atoms with Gasteiger partial charge < -0.3 is 16.0 Å². The fraction of sp³-hybridized carbons (Fsp3) is 0.0909. The number of rotatable bonds is 3. The zero-order valence-corrected chi connectivity index (χ0v) is 9.96. The van der Waals surface area contributed by atoms with Crippen molar-refractivity contribution in [3.05, 3.63) is 51.3 Å². The van der Waals surface area contributed by atoms with E-state index in [1.165, 1.54) is 18.5 Å². The maximum absolute atomic E-state index is 12.9. The highest BCUT2D eigenvalue weighted by atomic mass is 35.5. The highest BCUT2D eigenvalue weighted by Crippen LogP contribution is 2.17. The van der Waals surface area contributed by atoms with Crippen LogP contribution in [0.3, 0.4) is 0 Å². The molecule has 0 spiro atoms. The van der Waals surface area contributed by atoms with Crippen LogP contribution in [0.1, 0.15) is 5.56 Å². The van der Waals surface area contributed by atoms with Gasteiger partial charge in [-0.05, 0) is 17.7 Å². The smallest absolute Gasteiger partial charge is 0.276 e. The van der Waals surface area contributed by atoms with Crippen LogP contribution < -0.4 is 16.6 Å². The molecule has 5 nitrogen and oxygen atoms in total. The predicted octanol–water partition coefficient (Wildman–Crippen LogP) is 1.76. The lowest BCUT2D eigenvalue weighted by Gasteiger charge is -2.07. The summed E-state index contributed by atoms with van der Waals surface area (Å²) in [5.74, 6) is -0.201. The number of H-pyrrole nitrogens is 1. The molecule has 2 rings (SSSR count).